The third-order valence-electron chi connectivity index (χ3n) is 3.20. The molecule has 1 amide bonds. The number of benzene rings is 1. The first-order valence-corrected chi connectivity index (χ1v) is 9.09. The fourth-order valence-electron chi connectivity index (χ4n) is 2.17. The molecule has 0 atom stereocenters. The molecule has 5 heteroatoms. The molecule has 0 radical (unpaired) electrons. The van der Waals surface area contributed by atoms with E-state index in [1.807, 2.05) is 24.3 Å². The van der Waals surface area contributed by atoms with Crippen LogP contribution in [0, 0.1) is 0 Å². The molecule has 0 saturated carbocycles. The van der Waals surface area contributed by atoms with Gasteiger partial charge in [-0.25, -0.2) is 0 Å². The van der Waals surface area contributed by atoms with Crippen LogP contribution < -0.4 is 5.32 Å². The minimum atomic E-state index is 0.0929. The number of rotatable bonds is 8. The highest BCUT2D eigenvalue weighted by Crippen LogP contribution is 2.20. The summed E-state index contributed by atoms with van der Waals surface area (Å²) in [6.07, 6.45) is 0. The Morgan fingerprint density at radius 1 is 1.19 bits per heavy atom. The van der Waals surface area contributed by atoms with Crippen molar-refractivity contribution in [3.05, 3.63) is 28.7 Å². The maximum Gasteiger partial charge on any atom is 0.230 e. The zero-order valence-electron chi connectivity index (χ0n) is 13.2. The van der Waals surface area contributed by atoms with Gasteiger partial charge in [-0.15, -0.1) is 11.8 Å². The number of carbonyl (C=O) groups is 1. The number of halogens is 1. The van der Waals surface area contributed by atoms with Crippen LogP contribution in [0.3, 0.4) is 0 Å². The van der Waals surface area contributed by atoms with Gasteiger partial charge >= 0.3 is 0 Å². The monoisotopic (exact) mass is 372 g/mol. The average Bonchev–Trinajstić information content (AvgIpc) is 2.42. The molecule has 1 aromatic rings. The summed E-state index contributed by atoms with van der Waals surface area (Å²) in [4.78, 5) is 15.3. The van der Waals surface area contributed by atoms with E-state index >= 15 is 0 Å². The summed E-state index contributed by atoms with van der Waals surface area (Å²) in [6, 6.07) is 9.01. The third-order valence-corrected chi connectivity index (χ3v) is 4.74. The Balaban J connectivity index is 2.26. The highest BCUT2D eigenvalue weighted by Gasteiger charge is 2.13. The van der Waals surface area contributed by atoms with Gasteiger partial charge in [0.25, 0.3) is 0 Å². The zero-order chi connectivity index (χ0) is 15.8. The maximum absolute atomic E-state index is 11.8. The Morgan fingerprint density at radius 2 is 1.76 bits per heavy atom. The predicted molar refractivity (Wildman–Crippen MR) is 94.9 cm³/mol. The lowest BCUT2D eigenvalue weighted by molar-refractivity contribution is -0.118. The molecule has 0 heterocycles. The van der Waals surface area contributed by atoms with E-state index in [0.717, 1.165) is 15.9 Å². The quantitative estimate of drug-likeness (QED) is 0.704. The van der Waals surface area contributed by atoms with Crippen LogP contribution in [0.25, 0.3) is 0 Å². The van der Waals surface area contributed by atoms with Gasteiger partial charge in [0.1, 0.15) is 0 Å². The fourth-order valence-corrected chi connectivity index (χ4v) is 3.16. The van der Waals surface area contributed by atoms with Crippen LogP contribution in [0.2, 0.25) is 0 Å². The molecule has 0 aliphatic rings. The van der Waals surface area contributed by atoms with E-state index in [0.29, 0.717) is 24.4 Å². The Morgan fingerprint density at radius 3 is 2.29 bits per heavy atom. The fraction of sp³-hybridized carbons (Fsp3) is 0.562. The summed E-state index contributed by atoms with van der Waals surface area (Å²) < 4.78 is 1.05. The van der Waals surface area contributed by atoms with Crippen molar-refractivity contribution in [3.8, 4) is 0 Å². The number of hydrogen-bond donors (Lipinski definition) is 1. The van der Waals surface area contributed by atoms with Crippen molar-refractivity contribution < 1.29 is 4.79 Å². The van der Waals surface area contributed by atoms with E-state index in [2.05, 4.69) is 53.8 Å². The largest absolute Gasteiger partial charge is 0.354 e. The van der Waals surface area contributed by atoms with Crippen molar-refractivity contribution in [2.75, 3.05) is 18.8 Å². The Kier molecular flexibility index (Phi) is 8.37. The number of thioether (sulfide) groups is 1. The Labute approximate surface area is 141 Å². The lowest BCUT2D eigenvalue weighted by Gasteiger charge is -2.30. The molecular formula is C16H25BrN2OS. The molecule has 3 nitrogen and oxygen atoms in total. The molecule has 0 spiro atoms. The van der Waals surface area contributed by atoms with Crippen molar-refractivity contribution in [2.45, 2.75) is 44.7 Å². The van der Waals surface area contributed by atoms with Crippen LogP contribution in [0.1, 0.15) is 27.7 Å². The first-order valence-electron chi connectivity index (χ1n) is 7.31. The van der Waals surface area contributed by atoms with E-state index in [1.165, 1.54) is 0 Å². The topological polar surface area (TPSA) is 32.3 Å². The molecule has 1 aromatic carbocycles. The Hall–Kier alpha value is -0.520. The highest BCUT2D eigenvalue weighted by atomic mass is 79.9. The van der Waals surface area contributed by atoms with Gasteiger partial charge in [-0.05, 0) is 52.0 Å². The second kappa shape index (κ2) is 9.49. The van der Waals surface area contributed by atoms with E-state index in [9.17, 15) is 4.79 Å². The molecule has 0 saturated heterocycles. The summed E-state index contributed by atoms with van der Waals surface area (Å²) >= 11 is 4.97. The van der Waals surface area contributed by atoms with E-state index in [4.69, 9.17) is 0 Å². The molecule has 0 fully saturated rings. The lowest BCUT2D eigenvalue weighted by atomic mass is 10.2. The normalized spacial score (nSPS) is 11.4. The van der Waals surface area contributed by atoms with Gasteiger partial charge in [-0.3, -0.25) is 9.69 Å². The predicted octanol–water partition coefficient (Wildman–Crippen LogP) is 3.78. The number of amides is 1. The molecule has 0 unspecified atom stereocenters. The maximum atomic E-state index is 11.8. The van der Waals surface area contributed by atoms with Gasteiger partial charge in [0.15, 0.2) is 0 Å². The van der Waals surface area contributed by atoms with Crippen LogP contribution >= 0.6 is 27.7 Å². The minimum absolute atomic E-state index is 0.0929. The van der Waals surface area contributed by atoms with Crippen molar-refractivity contribution in [1.82, 2.24) is 10.2 Å². The standard InChI is InChI=1S/C16H25BrN2OS/c1-12(2)19(13(3)4)10-9-18-16(20)11-21-15-7-5-14(17)6-8-15/h5-8,12-13H,9-11H2,1-4H3,(H,18,20). The Bertz CT molecular complexity index is 426. The van der Waals surface area contributed by atoms with Gasteiger partial charge in [-0.1, -0.05) is 15.9 Å². The molecule has 1 rings (SSSR count). The number of nitrogens with zero attached hydrogens (tertiary/aromatic N) is 1. The molecule has 1 N–H and O–H groups in total. The minimum Gasteiger partial charge on any atom is -0.354 e. The van der Waals surface area contributed by atoms with E-state index in [1.54, 1.807) is 11.8 Å². The first-order chi connectivity index (χ1) is 9.90. The lowest BCUT2D eigenvalue weighted by Crippen LogP contribution is -2.42. The van der Waals surface area contributed by atoms with Gasteiger partial charge in [0, 0.05) is 34.5 Å². The molecule has 0 aliphatic carbocycles. The summed E-state index contributed by atoms with van der Waals surface area (Å²) in [6.45, 7) is 10.3. The molecule has 0 aromatic heterocycles. The smallest absolute Gasteiger partial charge is 0.230 e. The van der Waals surface area contributed by atoms with Crippen molar-refractivity contribution >= 4 is 33.6 Å². The number of hydrogen-bond acceptors (Lipinski definition) is 3. The summed E-state index contributed by atoms with van der Waals surface area (Å²) in [5.41, 5.74) is 0. The summed E-state index contributed by atoms with van der Waals surface area (Å²) in [5, 5.41) is 2.99. The van der Waals surface area contributed by atoms with Crippen LogP contribution in [0.5, 0.6) is 0 Å². The van der Waals surface area contributed by atoms with Crippen LogP contribution in [0.4, 0.5) is 0 Å². The zero-order valence-corrected chi connectivity index (χ0v) is 15.6. The van der Waals surface area contributed by atoms with Crippen molar-refractivity contribution in [3.63, 3.8) is 0 Å². The van der Waals surface area contributed by atoms with Gasteiger partial charge < -0.3 is 5.32 Å². The highest BCUT2D eigenvalue weighted by molar-refractivity contribution is 9.10. The van der Waals surface area contributed by atoms with Gasteiger partial charge in [-0.2, -0.15) is 0 Å². The van der Waals surface area contributed by atoms with E-state index < -0.39 is 0 Å². The van der Waals surface area contributed by atoms with Crippen LogP contribution in [-0.4, -0.2) is 41.7 Å². The molecular weight excluding hydrogens is 348 g/mol. The van der Waals surface area contributed by atoms with Crippen LogP contribution in [-0.2, 0) is 4.79 Å². The number of carbonyl (C=O) groups excluding carboxylic acids is 1. The second-order valence-corrected chi connectivity index (χ2v) is 7.48. The first kappa shape index (κ1) is 18.5. The van der Waals surface area contributed by atoms with Crippen molar-refractivity contribution in [1.29, 1.82) is 0 Å². The SMILES string of the molecule is CC(C)N(CCNC(=O)CSc1ccc(Br)cc1)C(C)C. The second-order valence-electron chi connectivity index (χ2n) is 5.52. The van der Waals surface area contributed by atoms with Crippen molar-refractivity contribution in [2.24, 2.45) is 0 Å². The molecule has 118 valence electrons. The third kappa shape index (κ3) is 7.34. The molecule has 0 bridgehead atoms. The molecule has 21 heavy (non-hydrogen) atoms. The van der Waals surface area contributed by atoms with E-state index in [-0.39, 0.29) is 5.91 Å². The van der Waals surface area contributed by atoms with Crippen LogP contribution in [0.15, 0.2) is 33.6 Å². The van der Waals surface area contributed by atoms with Gasteiger partial charge in [0.05, 0.1) is 5.75 Å². The summed E-state index contributed by atoms with van der Waals surface area (Å²) in [7, 11) is 0. The van der Waals surface area contributed by atoms with Gasteiger partial charge in [0.2, 0.25) is 5.91 Å². The molecule has 0 aliphatic heterocycles. The summed E-state index contributed by atoms with van der Waals surface area (Å²) in [5.74, 6) is 0.556. The average molecular weight is 373 g/mol. The number of nitrogens with one attached hydrogen (secondary N) is 1.